The van der Waals surface area contributed by atoms with Crippen LogP contribution in [0.4, 0.5) is 18.9 Å². The van der Waals surface area contributed by atoms with E-state index < -0.39 is 11.7 Å². The summed E-state index contributed by atoms with van der Waals surface area (Å²) in [6, 6.07) is 9.31. The highest BCUT2D eigenvalue weighted by Gasteiger charge is 2.34. The maximum atomic E-state index is 13.4. The van der Waals surface area contributed by atoms with Gasteiger partial charge in [-0.2, -0.15) is 13.2 Å². The Balaban J connectivity index is 2.61. The number of alkyl halides is 3. The molecule has 1 amide bonds. The highest BCUT2D eigenvalue weighted by atomic mass is 19.4. The van der Waals surface area contributed by atoms with Gasteiger partial charge in [0.15, 0.2) is 0 Å². The molecule has 0 radical (unpaired) electrons. The summed E-state index contributed by atoms with van der Waals surface area (Å²) in [4.78, 5) is 10.5. The molecule has 2 aromatic carbocycles. The minimum Gasteiger partial charge on any atom is -0.329 e. The summed E-state index contributed by atoms with van der Waals surface area (Å²) < 4.78 is 40.1. The molecule has 0 saturated heterocycles. The van der Waals surface area contributed by atoms with Gasteiger partial charge in [-0.25, -0.2) is 0 Å². The number of amides is 1. The predicted molar refractivity (Wildman–Crippen MR) is 85.4 cm³/mol. The molecular weight excluding hydrogens is 303 g/mol. The van der Waals surface area contributed by atoms with Gasteiger partial charge < -0.3 is 5.32 Å². The molecule has 2 rings (SSSR count). The van der Waals surface area contributed by atoms with Crippen molar-refractivity contribution in [3.8, 4) is 11.1 Å². The minimum atomic E-state index is -4.50. The summed E-state index contributed by atoms with van der Waals surface area (Å²) in [6.07, 6.45) is -4.14. The van der Waals surface area contributed by atoms with Crippen LogP contribution in [0.5, 0.6) is 0 Å². The number of halogens is 3. The fourth-order valence-corrected chi connectivity index (χ4v) is 2.52. The van der Waals surface area contributed by atoms with E-state index in [1.807, 2.05) is 26.0 Å². The summed E-state index contributed by atoms with van der Waals surface area (Å²) in [5, 5.41) is 2.26. The third-order valence-corrected chi connectivity index (χ3v) is 3.76. The standard InChI is InChI=1S/C18H18F3NO/c1-11(2)13-4-6-15(12(3)8-13)16-7-5-14(22-10-23)9-17(16)18(19,20)21/h4-11H,1-3H3,(H,22,23). The normalized spacial score (nSPS) is 11.6. The number of rotatable bonds is 4. The molecule has 0 unspecified atom stereocenters. The largest absolute Gasteiger partial charge is 0.417 e. The second-order valence-electron chi connectivity index (χ2n) is 5.75. The lowest BCUT2D eigenvalue weighted by atomic mass is 9.91. The highest BCUT2D eigenvalue weighted by molar-refractivity contribution is 5.77. The zero-order chi connectivity index (χ0) is 17.2. The molecule has 0 atom stereocenters. The average Bonchev–Trinajstić information content (AvgIpc) is 2.46. The first kappa shape index (κ1) is 17.1. The van der Waals surface area contributed by atoms with Gasteiger partial charge in [-0.05, 0) is 47.2 Å². The summed E-state index contributed by atoms with van der Waals surface area (Å²) in [7, 11) is 0. The average molecular weight is 321 g/mol. The Kier molecular flexibility index (Phi) is 4.78. The Morgan fingerprint density at radius 2 is 1.70 bits per heavy atom. The third-order valence-electron chi connectivity index (χ3n) is 3.76. The van der Waals surface area contributed by atoms with E-state index in [2.05, 4.69) is 5.32 Å². The van der Waals surface area contributed by atoms with Crippen molar-refractivity contribution < 1.29 is 18.0 Å². The predicted octanol–water partition coefficient (Wildman–Crippen LogP) is 5.37. The van der Waals surface area contributed by atoms with Crippen molar-refractivity contribution in [2.45, 2.75) is 32.9 Å². The molecule has 0 aliphatic carbocycles. The second kappa shape index (κ2) is 6.44. The third kappa shape index (κ3) is 3.73. The van der Waals surface area contributed by atoms with Crippen LogP contribution in [0.2, 0.25) is 0 Å². The van der Waals surface area contributed by atoms with Gasteiger partial charge in [-0.3, -0.25) is 4.79 Å². The molecule has 0 bridgehead atoms. The Morgan fingerprint density at radius 1 is 1.04 bits per heavy atom. The summed E-state index contributed by atoms with van der Waals surface area (Å²) in [5.41, 5.74) is 1.88. The molecule has 5 heteroatoms. The van der Waals surface area contributed by atoms with Crippen LogP contribution in [0.3, 0.4) is 0 Å². The number of carbonyl (C=O) groups is 1. The van der Waals surface area contributed by atoms with E-state index in [-0.39, 0.29) is 11.3 Å². The zero-order valence-corrected chi connectivity index (χ0v) is 13.2. The van der Waals surface area contributed by atoms with Crippen LogP contribution < -0.4 is 5.32 Å². The van der Waals surface area contributed by atoms with Gasteiger partial charge in [0.25, 0.3) is 0 Å². The van der Waals surface area contributed by atoms with Gasteiger partial charge in [0.1, 0.15) is 0 Å². The van der Waals surface area contributed by atoms with Crippen LogP contribution in [0.1, 0.15) is 36.5 Å². The van der Waals surface area contributed by atoms with Gasteiger partial charge in [-0.1, -0.05) is 38.1 Å². The number of nitrogens with one attached hydrogen (secondary N) is 1. The first-order valence-corrected chi connectivity index (χ1v) is 7.26. The van der Waals surface area contributed by atoms with E-state index in [4.69, 9.17) is 0 Å². The van der Waals surface area contributed by atoms with Crippen molar-refractivity contribution in [1.29, 1.82) is 0 Å². The molecule has 122 valence electrons. The van der Waals surface area contributed by atoms with Crippen LogP contribution in [-0.4, -0.2) is 6.41 Å². The number of carbonyl (C=O) groups excluding carboxylic acids is 1. The van der Waals surface area contributed by atoms with Crippen molar-refractivity contribution in [2.75, 3.05) is 5.32 Å². The molecule has 0 fully saturated rings. The smallest absolute Gasteiger partial charge is 0.329 e. The van der Waals surface area contributed by atoms with Crippen LogP contribution in [0.25, 0.3) is 11.1 Å². The van der Waals surface area contributed by atoms with Crippen LogP contribution in [-0.2, 0) is 11.0 Å². The Bertz CT molecular complexity index is 721. The van der Waals surface area contributed by atoms with E-state index in [1.165, 1.54) is 12.1 Å². The summed E-state index contributed by atoms with van der Waals surface area (Å²) in [6.45, 7) is 5.88. The van der Waals surface area contributed by atoms with E-state index in [1.54, 1.807) is 13.0 Å². The summed E-state index contributed by atoms with van der Waals surface area (Å²) >= 11 is 0. The van der Waals surface area contributed by atoms with Crippen LogP contribution in [0.15, 0.2) is 36.4 Å². The molecule has 0 spiro atoms. The van der Waals surface area contributed by atoms with Crippen molar-refractivity contribution in [3.05, 3.63) is 53.1 Å². The molecule has 2 nitrogen and oxygen atoms in total. The first-order chi connectivity index (χ1) is 10.7. The lowest BCUT2D eigenvalue weighted by molar-refractivity contribution is -0.137. The highest BCUT2D eigenvalue weighted by Crippen LogP contribution is 2.40. The van der Waals surface area contributed by atoms with Crippen LogP contribution in [0, 0.1) is 6.92 Å². The lowest BCUT2D eigenvalue weighted by Gasteiger charge is -2.17. The Labute approximate surface area is 133 Å². The van der Waals surface area contributed by atoms with E-state index in [9.17, 15) is 18.0 Å². The molecule has 23 heavy (non-hydrogen) atoms. The van der Waals surface area contributed by atoms with Gasteiger partial charge >= 0.3 is 6.18 Å². The van der Waals surface area contributed by atoms with Crippen molar-refractivity contribution in [2.24, 2.45) is 0 Å². The van der Waals surface area contributed by atoms with Gasteiger partial charge in [0.05, 0.1) is 5.56 Å². The topological polar surface area (TPSA) is 29.1 Å². The second-order valence-corrected chi connectivity index (χ2v) is 5.75. The summed E-state index contributed by atoms with van der Waals surface area (Å²) in [5.74, 6) is 0.309. The number of aryl methyl sites for hydroxylation is 1. The Morgan fingerprint density at radius 3 is 2.22 bits per heavy atom. The molecular formula is C18H18F3NO. The van der Waals surface area contributed by atoms with E-state index >= 15 is 0 Å². The minimum absolute atomic E-state index is 0.113. The first-order valence-electron chi connectivity index (χ1n) is 7.26. The molecule has 2 aromatic rings. The maximum absolute atomic E-state index is 13.4. The quantitative estimate of drug-likeness (QED) is 0.753. The maximum Gasteiger partial charge on any atom is 0.417 e. The fourth-order valence-electron chi connectivity index (χ4n) is 2.52. The zero-order valence-electron chi connectivity index (χ0n) is 13.2. The SMILES string of the molecule is Cc1cc(C(C)C)ccc1-c1ccc(NC=O)cc1C(F)(F)F. The van der Waals surface area contributed by atoms with Gasteiger partial charge in [0, 0.05) is 5.69 Å². The van der Waals surface area contributed by atoms with Crippen molar-refractivity contribution >= 4 is 12.1 Å². The number of hydrogen-bond acceptors (Lipinski definition) is 1. The molecule has 1 N–H and O–H groups in total. The number of hydrogen-bond donors (Lipinski definition) is 1. The molecule has 0 aliphatic rings. The van der Waals surface area contributed by atoms with Crippen LogP contribution >= 0.6 is 0 Å². The van der Waals surface area contributed by atoms with Gasteiger partial charge in [-0.15, -0.1) is 0 Å². The molecule has 0 saturated carbocycles. The number of anilines is 1. The van der Waals surface area contributed by atoms with Crippen molar-refractivity contribution in [1.82, 2.24) is 0 Å². The fraction of sp³-hybridized carbons (Fsp3) is 0.278. The van der Waals surface area contributed by atoms with Crippen molar-refractivity contribution in [3.63, 3.8) is 0 Å². The molecule has 0 heterocycles. The van der Waals surface area contributed by atoms with E-state index in [0.717, 1.165) is 17.2 Å². The monoisotopic (exact) mass is 321 g/mol. The molecule has 0 aromatic heterocycles. The lowest BCUT2D eigenvalue weighted by Crippen LogP contribution is -2.09. The van der Waals surface area contributed by atoms with E-state index in [0.29, 0.717) is 17.9 Å². The van der Waals surface area contributed by atoms with Gasteiger partial charge in [0.2, 0.25) is 6.41 Å². The number of benzene rings is 2. The Hall–Kier alpha value is -2.30. The molecule has 0 aliphatic heterocycles.